The Balaban J connectivity index is 1.83. The van der Waals surface area contributed by atoms with Crippen molar-refractivity contribution in [3.8, 4) is 18.1 Å². The van der Waals surface area contributed by atoms with E-state index < -0.39 is 10.8 Å². The molecule has 0 bridgehead atoms. The summed E-state index contributed by atoms with van der Waals surface area (Å²) >= 11 is 0. The normalized spacial score (nSPS) is 10.5. The van der Waals surface area contributed by atoms with Gasteiger partial charge in [0, 0.05) is 23.3 Å². The van der Waals surface area contributed by atoms with Gasteiger partial charge in [-0.1, -0.05) is 36.3 Å². The van der Waals surface area contributed by atoms with Gasteiger partial charge in [0.1, 0.15) is 12.4 Å². The zero-order chi connectivity index (χ0) is 19.9. The highest BCUT2D eigenvalue weighted by molar-refractivity contribution is 6.03. The van der Waals surface area contributed by atoms with Gasteiger partial charge in [-0.2, -0.15) is 5.10 Å². The lowest BCUT2D eigenvalue weighted by Gasteiger charge is -2.09. The molecule has 7 heteroatoms. The molecule has 0 fully saturated rings. The maximum absolute atomic E-state index is 12.2. The number of non-ortho nitro benzene ring substituents is 1. The molecule has 0 spiro atoms. The molecule has 3 aromatic carbocycles. The summed E-state index contributed by atoms with van der Waals surface area (Å²) in [5.41, 5.74) is 3.25. The Labute approximate surface area is 160 Å². The van der Waals surface area contributed by atoms with Gasteiger partial charge in [-0.05, 0) is 29.0 Å². The van der Waals surface area contributed by atoms with Gasteiger partial charge in [-0.15, -0.1) is 6.42 Å². The maximum Gasteiger partial charge on any atom is 0.271 e. The fourth-order valence-corrected chi connectivity index (χ4v) is 2.61. The second-order valence-corrected chi connectivity index (χ2v) is 5.69. The number of nitro groups is 1. The molecule has 28 heavy (non-hydrogen) atoms. The number of ether oxygens (including phenoxy) is 1. The topological polar surface area (TPSA) is 93.8 Å². The average Bonchev–Trinajstić information content (AvgIpc) is 2.72. The minimum absolute atomic E-state index is 0.0916. The molecule has 0 aliphatic rings. The Bertz CT molecular complexity index is 1100. The van der Waals surface area contributed by atoms with Crippen LogP contribution in [0.25, 0.3) is 10.8 Å². The number of carbonyl (C=O) groups is 1. The lowest BCUT2D eigenvalue weighted by molar-refractivity contribution is -0.384. The van der Waals surface area contributed by atoms with Crippen LogP contribution in [0.3, 0.4) is 0 Å². The van der Waals surface area contributed by atoms with Gasteiger partial charge in [-0.3, -0.25) is 14.9 Å². The van der Waals surface area contributed by atoms with Crippen LogP contribution in [0.1, 0.15) is 15.9 Å². The molecule has 0 aliphatic heterocycles. The summed E-state index contributed by atoms with van der Waals surface area (Å²) in [4.78, 5) is 22.3. The van der Waals surface area contributed by atoms with Crippen molar-refractivity contribution < 1.29 is 14.5 Å². The maximum atomic E-state index is 12.2. The predicted molar refractivity (Wildman–Crippen MR) is 106 cm³/mol. The molecule has 3 aromatic rings. The molecule has 0 atom stereocenters. The molecule has 0 saturated carbocycles. The van der Waals surface area contributed by atoms with E-state index in [1.54, 1.807) is 6.07 Å². The van der Waals surface area contributed by atoms with Crippen LogP contribution in [0, 0.1) is 22.5 Å². The fraction of sp³-hybridized carbons (Fsp3) is 0.0476. The summed E-state index contributed by atoms with van der Waals surface area (Å²) in [7, 11) is 0. The molecular weight excluding hydrogens is 358 g/mol. The van der Waals surface area contributed by atoms with E-state index in [1.807, 2.05) is 30.3 Å². The van der Waals surface area contributed by atoms with Gasteiger partial charge in [0.2, 0.25) is 0 Å². The second kappa shape index (κ2) is 8.47. The van der Waals surface area contributed by atoms with E-state index >= 15 is 0 Å². The van der Waals surface area contributed by atoms with Crippen LogP contribution in [0.15, 0.2) is 65.8 Å². The van der Waals surface area contributed by atoms with E-state index in [-0.39, 0.29) is 17.9 Å². The number of terminal acetylenes is 1. The fourth-order valence-electron chi connectivity index (χ4n) is 2.61. The van der Waals surface area contributed by atoms with Crippen molar-refractivity contribution in [2.45, 2.75) is 0 Å². The van der Waals surface area contributed by atoms with Crippen molar-refractivity contribution in [1.29, 1.82) is 0 Å². The first kappa shape index (κ1) is 18.6. The average molecular weight is 373 g/mol. The molecule has 0 unspecified atom stereocenters. The molecule has 0 saturated heterocycles. The molecule has 1 N–H and O–H groups in total. The van der Waals surface area contributed by atoms with E-state index in [2.05, 4.69) is 16.4 Å². The minimum atomic E-state index is -0.530. The van der Waals surface area contributed by atoms with Crippen LogP contribution < -0.4 is 10.2 Å². The molecule has 7 nitrogen and oxygen atoms in total. The smallest absolute Gasteiger partial charge is 0.271 e. The lowest BCUT2D eigenvalue weighted by atomic mass is 10.0. The van der Waals surface area contributed by atoms with Crippen molar-refractivity contribution in [1.82, 2.24) is 5.43 Å². The Morgan fingerprint density at radius 1 is 1.18 bits per heavy atom. The first-order chi connectivity index (χ1) is 13.6. The zero-order valence-corrected chi connectivity index (χ0v) is 14.7. The minimum Gasteiger partial charge on any atom is -0.480 e. The monoisotopic (exact) mass is 373 g/mol. The number of hydrazone groups is 1. The number of nitrogens with one attached hydrogen (secondary N) is 1. The van der Waals surface area contributed by atoms with Crippen molar-refractivity contribution in [3.05, 3.63) is 81.9 Å². The van der Waals surface area contributed by atoms with Gasteiger partial charge >= 0.3 is 0 Å². The second-order valence-electron chi connectivity index (χ2n) is 5.69. The summed E-state index contributed by atoms with van der Waals surface area (Å²) in [6, 6.07) is 16.6. The number of hydrogen-bond acceptors (Lipinski definition) is 5. The zero-order valence-electron chi connectivity index (χ0n) is 14.7. The molecule has 1 amide bonds. The SMILES string of the molecule is C#CCOc1ccc2ccccc2c1/C=N/NC(=O)c1ccc([N+](=O)[O-])cc1. The number of amides is 1. The largest absolute Gasteiger partial charge is 0.480 e. The van der Waals surface area contributed by atoms with Gasteiger partial charge in [0.25, 0.3) is 11.6 Å². The van der Waals surface area contributed by atoms with E-state index in [0.29, 0.717) is 11.3 Å². The van der Waals surface area contributed by atoms with E-state index in [4.69, 9.17) is 11.2 Å². The van der Waals surface area contributed by atoms with Gasteiger partial charge < -0.3 is 4.74 Å². The number of nitrogens with zero attached hydrogens (tertiary/aromatic N) is 2. The van der Waals surface area contributed by atoms with Crippen LogP contribution in [-0.2, 0) is 0 Å². The highest BCUT2D eigenvalue weighted by atomic mass is 16.6. The third-order valence-corrected chi connectivity index (χ3v) is 3.94. The third kappa shape index (κ3) is 4.14. The number of nitro benzene ring substituents is 1. The molecule has 0 aromatic heterocycles. The summed E-state index contributed by atoms with van der Waals surface area (Å²) < 4.78 is 5.57. The van der Waals surface area contributed by atoms with Gasteiger partial charge in [0.15, 0.2) is 0 Å². The van der Waals surface area contributed by atoms with Gasteiger partial charge in [0.05, 0.1) is 11.1 Å². The molecule has 0 aliphatic carbocycles. The van der Waals surface area contributed by atoms with Crippen LogP contribution in [0.5, 0.6) is 5.75 Å². The highest BCUT2D eigenvalue weighted by Crippen LogP contribution is 2.26. The predicted octanol–water partition coefficient (Wildman–Crippen LogP) is 3.52. The molecule has 138 valence electrons. The van der Waals surface area contributed by atoms with E-state index in [0.717, 1.165) is 10.8 Å². The van der Waals surface area contributed by atoms with E-state index in [1.165, 1.54) is 30.5 Å². The Kier molecular flexibility index (Phi) is 5.63. The Morgan fingerprint density at radius 3 is 2.64 bits per heavy atom. The van der Waals surface area contributed by atoms with Crippen molar-refractivity contribution in [2.24, 2.45) is 5.10 Å². The first-order valence-corrected chi connectivity index (χ1v) is 8.26. The first-order valence-electron chi connectivity index (χ1n) is 8.26. The third-order valence-electron chi connectivity index (χ3n) is 3.94. The summed E-state index contributed by atoms with van der Waals surface area (Å²) in [6.07, 6.45) is 6.75. The summed E-state index contributed by atoms with van der Waals surface area (Å²) in [5.74, 6) is 2.47. The van der Waals surface area contributed by atoms with E-state index in [9.17, 15) is 14.9 Å². The van der Waals surface area contributed by atoms with Crippen molar-refractivity contribution >= 4 is 28.6 Å². The number of fused-ring (bicyclic) bond motifs is 1. The Morgan fingerprint density at radius 2 is 1.93 bits per heavy atom. The molecule has 3 rings (SSSR count). The van der Waals surface area contributed by atoms with Crippen molar-refractivity contribution in [3.63, 3.8) is 0 Å². The lowest BCUT2D eigenvalue weighted by Crippen LogP contribution is -2.17. The number of hydrogen-bond donors (Lipinski definition) is 1. The Hall–Kier alpha value is -4.18. The van der Waals surface area contributed by atoms with Crippen LogP contribution >= 0.6 is 0 Å². The van der Waals surface area contributed by atoms with Crippen LogP contribution in [-0.4, -0.2) is 23.7 Å². The number of benzene rings is 3. The van der Waals surface area contributed by atoms with Crippen LogP contribution in [0.2, 0.25) is 0 Å². The standard InChI is InChI=1S/C21H15N3O4/c1-2-13-28-20-12-9-15-5-3-4-6-18(15)19(20)14-22-23-21(25)16-7-10-17(11-8-16)24(26)27/h1,3-12,14H,13H2,(H,23,25)/b22-14+. The summed E-state index contributed by atoms with van der Waals surface area (Å²) in [5, 5.41) is 16.6. The van der Waals surface area contributed by atoms with Gasteiger partial charge in [-0.25, -0.2) is 5.43 Å². The molecule has 0 heterocycles. The highest BCUT2D eigenvalue weighted by Gasteiger charge is 2.10. The van der Waals surface area contributed by atoms with Crippen molar-refractivity contribution in [2.75, 3.05) is 6.61 Å². The van der Waals surface area contributed by atoms with Crippen LogP contribution in [0.4, 0.5) is 5.69 Å². The molecule has 0 radical (unpaired) electrons. The summed E-state index contributed by atoms with van der Waals surface area (Å²) in [6.45, 7) is 0.105. The number of carbonyl (C=O) groups excluding carboxylic acids is 1. The number of rotatable bonds is 6. The molecular formula is C21H15N3O4. The quantitative estimate of drug-likeness (QED) is 0.310.